The van der Waals surface area contributed by atoms with Gasteiger partial charge >= 0.3 is 6.18 Å². The van der Waals surface area contributed by atoms with Crippen LogP contribution in [0.25, 0.3) is 0 Å². The summed E-state index contributed by atoms with van der Waals surface area (Å²) in [5.74, 6) is -0.266. The summed E-state index contributed by atoms with van der Waals surface area (Å²) in [5, 5.41) is 0.584. The fourth-order valence-electron chi connectivity index (χ4n) is 4.44. The number of ether oxygens (including phenoxy) is 1. The lowest BCUT2D eigenvalue weighted by atomic mass is 9.99. The Bertz CT molecular complexity index is 1240. The number of hydrogen-bond acceptors (Lipinski definition) is 6. The van der Waals surface area contributed by atoms with Crippen molar-refractivity contribution in [2.24, 2.45) is 5.92 Å². The number of halogens is 4. The van der Waals surface area contributed by atoms with Crippen molar-refractivity contribution in [2.45, 2.75) is 45.2 Å². The van der Waals surface area contributed by atoms with E-state index in [-0.39, 0.29) is 30.6 Å². The Hall–Kier alpha value is -2.15. The van der Waals surface area contributed by atoms with E-state index in [1.165, 1.54) is 10.5 Å². The van der Waals surface area contributed by atoms with Crippen molar-refractivity contribution in [3.63, 3.8) is 0 Å². The standard InChI is InChI=1S/C22H26ClF3N4O4S/c1-35(32,33)29-6-4-15(5-7-29)13-34-19-9-27-20(30(21(19)31)14-22(24,25)26)12-28-10-16-2-3-18(23)8-17(16)11-28/h2-3,8-9,15H,4-7,10-14H2,1H3. The maximum absolute atomic E-state index is 13.3. The Morgan fingerprint density at radius 1 is 1.17 bits per heavy atom. The van der Waals surface area contributed by atoms with Gasteiger partial charge in [-0.1, -0.05) is 17.7 Å². The molecular formula is C22H26ClF3N4O4S. The molecule has 13 heteroatoms. The Balaban J connectivity index is 1.46. The minimum absolute atomic E-state index is 0.0000358. The van der Waals surface area contributed by atoms with Gasteiger partial charge in [0.05, 0.1) is 25.6 Å². The predicted octanol–water partition coefficient (Wildman–Crippen LogP) is 3.03. The molecule has 0 bridgehead atoms. The topological polar surface area (TPSA) is 84.7 Å². The minimum Gasteiger partial charge on any atom is -0.486 e. The SMILES string of the molecule is CS(=O)(=O)N1CCC(COc2cnc(CN3Cc4ccc(Cl)cc4C3)n(CC(F)(F)F)c2=O)CC1. The fourth-order valence-corrected chi connectivity index (χ4v) is 5.51. The molecule has 1 aromatic heterocycles. The molecule has 2 aliphatic rings. The summed E-state index contributed by atoms with van der Waals surface area (Å²) in [6.45, 7) is 0.368. The van der Waals surface area contributed by atoms with E-state index in [1.54, 1.807) is 6.07 Å². The van der Waals surface area contributed by atoms with Gasteiger partial charge in [-0.3, -0.25) is 14.3 Å². The van der Waals surface area contributed by atoms with E-state index in [0.29, 0.717) is 48.6 Å². The van der Waals surface area contributed by atoms with E-state index in [1.807, 2.05) is 17.0 Å². The van der Waals surface area contributed by atoms with Crippen LogP contribution >= 0.6 is 11.6 Å². The van der Waals surface area contributed by atoms with Crippen molar-refractivity contribution >= 4 is 21.6 Å². The van der Waals surface area contributed by atoms with Crippen molar-refractivity contribution in [2.75, 3.05) is 26.0 Å². The Morgan fingerprint density at radius 3 is 2.51 bits per heavy atom. The van der Waals surface area contributed by atoms with Crippen LogP contribution in [0.3, 0.4) is 0 Å². The molecule has 0 amide bonds. The molecule has 3 heterocycles. The second kappa shape index (κ2) is 10.1. The number of fused-ring (bicyclic) bond motifs is 1. The number of hydrogen-bond donors (Lipinski definition) is 0. The molecule has 0 radical (unpaired) electrons. The summed E-state index contributed by atoms with van der Waals surface area (Å²) in [5.41, 5.74) is 1.13. The Morgan fingerprint density at radius 2 is 1.86 bits per heavy atom. The number of sulfonamides is 1. The number of alkyl halides is 3. The predicted molar refractivity (Wildman–Crippen MR) is 124 cm³/mol. The lowest BCUT2D eigenvalue weighted by Crippen LogP contribution is -2.39. The van der Waals surface area contributed by atoms with E-state index in [9.17, 15) is 26.4 Å². The van der Waals surface area contributed by atoms with E-state index in [4.69, 9.17) is 16.3 Å². The van der Waals surface area contributed by atoms with E-state index in [0.717, 1.165) is 17.4 Å². The molecule has 0 spiro atoms. The molecule has 1 fully saturated rings. The van der Waals surface area contributed by atoms with Gasteiger partial charge in [-0.2, -0.15) is 13.2 Å². The second-order valence-electron chi connectivity index (χ2n) is 9.02. The molecule has 0 unspecified atom stereocenters. The second-order valence-corrected chi connectivity index (χ2v) is 11.4. The number of rotatable bonds is 7. The third-order valence-corrected chi connectivity index (χ3v) is 7.81. The van der Waals surface area contributed by atoms with Crippen LogP contribution in [0.2, 0.25) is 5.02 Å². The van der Waals surface area contributed by atoms with Crippen molar-refractivity contribution < 1.29 is 26.3 Å². The molecule has 1 aromatic carbocycles. The molecule has 1 saturated heterocycles. The van der Waals surface area contributed by atoms with E-state index >= 15 is 0 Å². The highest BCUT2D eigenvalue weighted by molar-refractivity contribution is 7.88. The molecule has 8 nitrogen and oxygen atoms in total. The van der Waals surface area contributed by atoms with Gasteiger partial charge in [-0.05, 0) is 42.0 Å². The highest BCUT2D eigenvalue weighted by atomic mass is 35.5. The molecule has 35 heavy (non-hydrogen) atoms. The summed E-state index contributed by atoms with van der Waals surface area (Å²) in [6.07, 6.45) is -1.21. The number of benzene rings is 1. The van der Waals surface area contributed by atoms with Gasteiger partial charge in [0.2, 0.25) is 15.8 Å². The van der Waals surface area contributed by atoms with E-state index < -0.39 is 28.3 Å². The summed E-state index contributed by atoms with van der Waals surface area (Å²) >= 11 is 6.04. The summed E-state index contributed by atoms with van der Waals surface area (Å²) in [6, 6.07) is 5.47. The van der Waals surface area contributed by atoms with Gasteiger partial charge in [-0.15, -0.1) is 0 Å². The quantitative estimate of drug-likeness (QED) is 0.543. The van der Waals surface area contributed by atoms with Crippen molar-refractivity contribution in [3.8, 4) is 5.75 Å². The van der Waals surface area contributed by atoms with Crippen LogP contribution < -0.4 is 10.3 Å². The van der Waals surface area contributed by atoms with Crippen molar-refractivity contribution in [1.82, 2.24) is 18.8 Å². The van der Waals surface area contributed by atoms with Gasteiger partial charge < -0.3 is 4.74 Å². The highest BCUT2D eigenvalue weighted by Gasteiger charge is 2.32. The molecule has 0 N–H and O–H groups in total. The molecule has 0 aliphatic carbocycles. The first kappa shape index (κ1) is 25.9. The van der Waals surface area contributed by atoms with Gasteiger partial charge in [0.25, 0.3) is 5.56 Å². The molecule has 4 rings (SSSR count). The largest absolute Gasteiger partial charge is 0.486 e. The van der Waals surface area contributed by atoms with Gasteiger partial charge in [-0.25, -0.2) is 17.7 Å². The highest BCUT2D eigenvalue weighted by Crippen LogP contribution is 2.27. The van der Waals surface area contributed by atoms with Crippen molar-refractivity contribution in [1.29, 1.82) is 0 Å². The minimum atomic E-state index is -4.61. The monoisotopic (exact) mass is 534 g/mol. The van der Waals surface area contributed by atoms with Crippen LogP contribution in [0.5, 0.6) is 5.75 Å². The first-order valence-corrected chi connectivity index (χ1v) is 13.3. The molecule has 0 atom stereocenters. The lowest BCUT2D eigenvalue weighted by molar-refractivity contribution is -0.142. The maximum atomic E-state index is 13.3. The smallest absolute Gasteiger partial charge is 0.406 e. The molecular weight excluding hydrogens is 509 g/mol. The molecule has 0 saturated carbocycles. The summed E-state index contributed by atoms with van der Waals surface area (Å²) < 4.78 is 70.8. The number of nitrogens with zero attached hydrogens (tertiary/aromatic N) is 4. The Labute approximate surface area is 206 Å². The average Bonchev–Trinajstić information content (AvgIpc) is 3.16. The van der Waals surface area contributed by atoms with Crippen LogP contribution in [0.15, 0.2) is 29.2 Å². The van der Waals surface area contributed by atoms with Gasteiger partial charge in [0, 0.05) is 31.2 Å². The van der Waals surface area contributed by atoms with Crippen LogP contribution in [0.4, 0.5) is 13.2 Å². The normalized spacial score (nSPS) is 18.1. The van der Waals surface area contributed by atoms with Crippen LogP contribution in [-0.2, 0) is 36.2 Å². The van der Waals surface area contributed by atoms with Gasteiger partial charge in [0.1, 0.15) is 12.4 Å². The lowest BCUT2D eigenvalue weighted by Gasteiger charge is -2.30. The van der Waals surface area contributed by atoms with Crippen LogP contribution in [-0.4, -0.2) is 59.3 Å². The first-order valence-electron chi connectivity index (χ1n) is 11.1. The van der Waals surface area contributed by atoms with Crippen LogP contribution in [0.1, 0.15) is 29.8 Å². The summed E-state index contributed by atoms with van der Waals surface area (Å²) in [7, 11) is -3.27. The average molecular weight is 535 g/mol. The zero-order chi connectivity index (χ0) is 25.4. The fraction of sp³-hybridized carbons (Fsp3) is 0.545. The molecule has 2 aliphatic heterocycles. The third-order valence-electron chi connectivity index (χ3n) is 6.27. The number of aromatic nitrogens is 2. The van der Waals surface area contributed by atoms with Gasteiger partial charge in [0.15, 0.2) is 0 Å². The zero-order valence-electron chi connectivity index (χ0n) is 19.1. The molecule has 2 aromatic rings. The van der Waals surface area contributed by atoms with Crippen molar-refractivity contribution in [3.05, 3.63) is 56.7 Å². The zero-order valence-corrected chi connectivity index (χ0v) is 20.7. The Kier molecular flexibility index (Phi) is 7.46. The summed E-state index contributed by atoms with van der Waals surface area (Å²) in [4.78, 5) is 19.0. The maximum Gasteiger partial charge on any atom is 0.406 e. The first-order chi connectivity index (χ1) is 16.4. The third kappa shape index (κ3) is 6.54. The van der Waals surface area contributed by atoms with E-state index in [2.05, 4.69) is 4.98 Å². The molecule has 192 valence electrons. The van der Waals surface area contributed by atoms with Crippen LogP contribution in [0, 0.1) is 5.92 Å². The number of piperidine rings is 1.